The molecular weight excluding hydrogens is 523 g/mol. The van der Waals surface area contributed by atoms with E-state index in [1.165, 1.54) is 17.3 Å². The lowest BCUT2D eigenvalue weighted by Crippen LogP contribution is -2.19. The van der Waals surface area contributed by atoms with E-state index in [9.17, 15) is 4.79 Å². The maximum Gasteiger partial charge on any atom is 0.250 e. The van der Waals surface area contributed by atoms with Crippen LogP contribution in [0.3, 0.4) is 0 Å². The second-order valence-corrected chi connectivity index (χ2v) is 11.3. The van der Waals surface area contributed by atoms with Gasteiger partial charge >= 0.3 is 0 Å². The van der Waals surface area contributed by atoms with Crippen LogP contribution in [0, 0.1) is 0 Å². The Kier molecular flexibility index (Phi) is 7.47. The topological polar surface area (TPSA) is 70.0 Å². The van der Waals surface area contributed by atoms with Gasteiger partial charge in [0.2, 0.25) is 0 Å². The number of thioether (sulfide) groups is 1. The van der Waals surface area contributed by atoms with E-state index in [2.05, 4.69) is 56.9 Å². The van der Waals surface area contributed by atoms with E-state index in [4.69, 9.17) is 5.10 Å². The van der Waals surface area contributed by atoms with Crippen LogP contribution in [0.4, 0.5) is 5.69 Å². The second kappa shape index (κ2) is 11.6. The lowest BCUT2D eigenvalue weighted by molar-refractivity contribution is -0.118. The predicted molar refractivity (Wildman–Crippen MR) is 162 cm³/mol. The Morgan fingerprint density at radius 2 is 1.67 bits per heavy atom. The van der Waals surface area contributed by atoms with Crippen molar-refractivity contribution in [3.8, 4) is 0 Å². The zero-order valence-electron chi connectivity index (χ0n) is 21.0. The fourth-order valence-corrected chi connectivity index (χ4v) is 6.31. The Morgan fingerprint density at radius 1 is 0.949 bits per heavy atom. The number of nitrogens with one attached hydrogen (secondary N) is 1. The van der Waals surface area contributed by atoms with Crippen LogP contribution in [0.1, 0.15) is 29.2 Å². The first-order valence-electron chi connectivity index (χ1n) is 12.6. The third-order valence-corrected chi connectivity index (χ3v) is 8.54. The van der Waals surface area contributed by atoms with Gasteiger partial charge in [0.05, 0.1) is 39.6 Å². The molecule has 1 aromatic heterocycles. The van der Waals surface area contributed by atoms with E-state index in [1.807, 2.05) is 72.8 Å². The molecule has 6 rings (SSSR count). The van der Waals surface area contributed by atoms with E-state index in [0.717, 1.165) is 43.5 Å². The van der Waals surface area contributed by atoms with Gasteiger partial charge in [-0.15, -0.1) is 11.3 Å². The second-order valence-electron chi connectivity index (χ2n) is 9.01. The van der Waals surface area contributed by atoms with Gasteiger partial charge in [-0.25, -0.2) is 10.4 Å². The number of benzene rings is 4. The number of hydrazone groups is 2. The molecule has 4 aromatic carbocycles. The molecule has 1 amide bonds. The minimum atomic E-state index is -0.169. The van der Waals surface area contributed by atoms with Crippen molar-refractivity contribution in [1.82, 2.24) is 10.4 Å². The van der Waals surface area contributed by atoms with Crippen LogP contribution in [0.25, 0.3) is 10.2 Å². The first-order chi connectivity index (χ1) is 19.2. The number of carbonyl (C=O) groups excluding carboxylic acids is 1. The summed E-state index contributed by atoms with van der Waals surface area (Å²) in [4.78, 5) is 16.8. The molecule has 0 fully saturated rings. The van der Waals surface area contributed by atoms with E-state index in [0.29, 0.717) is 0 Å². The van der Waals surface area contributed by atoms with Crippen molar-refractivity contribution in [1.29, 1.82) is 0 Å². The zero-order chi connectivity index (χ0) is 26.4. The number of hydrogen-bond acceptors (Lipinski definition) is 7. The molecule has 1 N–H and O–H groups in total. The summed E-state index contributed by atoms with van der Waals surface area (Å²) in [5.74, 6) is 0.0888. The highest BCUT2D eigenvalue weighted by Gasteiger charge is 2.29. The summed E-state index contributed by atoms with van der Waals surface area (Å²) >= 11 is 3.01. The average molecular weight is 548 g/mol. The number of fused-ring (bicyclic) bond motifs is 1. The van der Waals surface area contributed by atoms with Crippen molar-refractivity contribution >= 4 is 56.8 Å². The maximum atomic E-state index is 12.3. The summed E-state index contributed by atoms with van der Waals surface area (Å²) in [7, 11) is 0. The van der Waals surface area contributed by atoms with Gasteiger partial charge in [0.1, 0.15) is 0 Å². The highest BCUT2D eigenvalue weighted by molar-refractivity contribution is 8.01. The number of anilines is 1. The summed E-state index contributed by atoms with van der Waals surface area (Å²) < 4.78 is 1.99. The lowest BCUT2D eigenvalue weighted by atomic mass is 9.98. The number of thiazole rings is 1. The molecule has 192 valence electrons. The van der Waals surface area contributed by atoms with Crippen molar-refractivity contribution in [2.24, 2.45) is 10.2 Å². The number of nitrogens with zero attached hydrogens (tertiary/aromatic N) is 4. The Morgan fingerprint density at radius 3 is 2.44 bits per heavy atom. The third kappa shape index (κ3) is 5.92. The van der Waals surface area contributed by atoms with Crippen molar-refractivity contribution < 1.29 is 4.79 Å². The largest absolute Gasteiger partial charge is 0.272 e. The van der Waals surface area contributed by atoms with Gasteiger partial charge in [-0.05, 0) is 41.0 Å². The first-order valence-corrected chi connectivity index (χ1v) is 14.4. The summed E-state index contributed by atoms with van der Waals surface area (Å²) in [5, 5.41) is 11.3. The molecule has 0 aliphatic carbocycles. The average Bonchev–Trinajstić information content (AvgIpc) is 3.62. The number of aromatic nitrogens is 1. The summed E-state index contributed by atoms with van der Waals surface area (Å²) in [6, 6.07) is 36.9. The van der Waals surface area contributed by atoms with E-state index < -0.39 is 0 Å². The maximum absolute atomic E-state index is 12.3. The fourth-order valence-electron chi connectivity index (χ4n) is 4.45. The Balaban J connectivity index is 1.10. The molecule has 0 spiro atoms. The lowest BCUT2D eigenvalue weighted by Gasteiger charge is -2.24. The molecule has 0 radical (unpaired) electrons. The molecule has 1 unspecified atom stereocenters. The van der Waals surface area contributed by atoms with Gasteiger partial charge in [-0.2, -0.15) is 10.2 Å². The monoisotopic (exact) mass is 547 g/mol. The van der Waals surface area contributed by atoms with Crippen molar-refractivity contribution in [2.75, 3.05) is 10.8 Å². The van der Waals surface area contributed by atoms with Crippen LogP contribution < -0.4 is 10.4 Å². The highest BCUT2D eigenvalue weighted by Crippen LogP contribution is 2.36. The van der Waals surface area contributed by atoms with Gasteiger partial charge in [-0.3, -0.25) is 9.80 Å². The Bertz CT molecular complexity index is 1600. The normalized spacial score (nSPS) is 15.1. The highest BCUT2D eigenvalue weighted by atomic mass is 32.2. The predicted octanol–water partition coefficient (Wildman–Crippen LogP) is 6.89. The van der Waals surface area contributed by atoms with Gasteiger partial charge in [-0.1, -0.05) is 96.7 Å². The molecule has 0 saturated heterocycles. The third-order valence-electron chi connectivity index (χ3n) is 6.36. The molecule has 0 bridgehead atoms. The minimum absolute atomic E-state index is 0.119. The number of hydrogen-bond donors (Lipinski definition) is 1. The van der Waals surface area contributed by atoms with Crippen LogP contribution in [0.15, 0.2) is 124 Å². The molecule has 1 aliphatic heterocycles. The minimum Gasteiger partial charge on any atom is -0.272 e. The van der Waals surface area contributed by atoms with E-state index >= 15 is 0 Å². The molecule has 0 saturated carbocycles. The smallest absolute Gasteiger partial charge is 0.250 e. The summed E-state index contributed by atoms with van der Waals surface area (Å²) in [5.41, 5.74) is 8.90. The van der Waals surface area contributed by atoms with Crippen LogP contribution >= 0.6 is 23.1 Å². The van der Waals surface area contributed by atoms with Crippen molar-refractivity contribution in [3.63, 3.8) is 0 Å². The molecular formula is C31H25N5OS2. The van der Waals surface area contributed by atoms with Gasteiger partial charge in [0, 0.05) is 6.42 Å². The fraction of sp³-hybridized carbons (Fsp3) is 0.0968. The van der Waals surface area contributed by atoms with Crippen LogP contribution in [-0.2, 0) is 4.79 Å². The zero-order valence-corrected chi connectivity index (χ0v) is 22.6. The van der Waals surface area contributed by atoms with Gasteiger partial charge in [0.25, 0.3) is 5.91 Å². The van der Waals surface area contributed by atoms with Crippen molar-refractivity contribution in [2.45, 2.75) is 16.8 Å². The SMILES string of the molecule is O=C(CSc1nc2ccccc2s1)N/N=C/c1ccc(N2N=C(c3ccccc3)CC2c2ccccc2)cc1. The molecule has 39 heavy (non-hydrogen) atoms. The Hall–Kier alpha value is -4.27. The standard InChI is InChI=1S/C31H25N5OS2/c37-30(21-38-31-33-26-13-7-8-14-29(26)39-31)34-32-20-22-15-17-25(18-16-22)36-28(24-11-5-2-6-12-24)19-27(35-36)23-9-3-1-4-10-23/h1-18,20,28H,19,21H2,(H,34,37)/b32-20+. The van der Waals surface area contributed by atoms with E-state index in [1.54, 1.807) is 17.6 Å². The summed E-state index contributed by atoms with van der Waals surface area (Å²) in [6.07, 6.45) is 2.49. The molecule has 5 aromatic rings. The quantitative estimate of drug-likeness (QED) is 0.130. The van der Waals surface area contributed by atoms with Crippen molar-refractivity contribution in [3.05, 3.63) is 126 Å². The first kappa shape index (κ1) is 25.0. The molecule has 8 heteroatoms. The van der Waals surface area contributed by atoms with Crippen LogP contribution in [0.2, 0.25) is 0 Å². The van der Waals surface area contributed by atoms with Gasteiger partial charge in [0.15, 0.2) is 4.34 Å². The van der Waals surface area contributed by atoms with Gasteiger partial charge < -0.3 is 0 Å². The molecule has 1 aliphatic rings. The molecule has 2 heterocycles. The van der Waals surface area contributed by atoms with E-state index in [-0.39, 0.29) is 17.7 Å². The number of carbonyl (C=O) groups is 1. The number of rotatable bonds is 8. The van der Waals surface area contributed by atoms with Crippen LogP contribution in [-0.4, -0.2) is 28.6 Å². The molecule has 6 nitrogen and oxygen atoms in total. The molecule has 1 atom stereocenters. The van der Waals surface area contributed by atoms with Crippen LogP contribution in [0.5, 0.6) is 0 Å². The summed E-state index contributed by atoms with van der Waals surface area (Å²) in [6.45, 7) is 0. The number of amides is 1. The Labute approximate surface area is 235 Å². The number of para-hydroxylation sites is 1.